The number of amides is 1. The van der Waals surface area contributed by atoms with E-state index in [1.54, 1.807) is 24.3 Å². The lowest BCUT2D eigenvalue weighted by Gasteiger charge is -2.07. The van der Waals surface area contributed by atoms with Gasteiger partial charge in [-0.25, -0.2) is 10.9 Å². The SMILES string of the molecule is NN1C(=O)[C@@H](c2ccc(Cl)cc2)NC1=S. The molecule has 1 aliphatic rings. The number of hydrogen-bond donors (Lipinski definition) is 2. The Balaban J connectivity index is 2.29. The summed E-state index contributed by atoms with van der Waals surface area (Å²) in [4.78, 5) is 11.6. The van der Waals surface area contributed by atoms with Crippen molar-refractivity contribution in [3.63, 3.8) is 0 Å². The molecule has 2 rings (SSSR count). The molecule has 1 saturated heterocycles. The fourth-order valence-corrected chi connectivity index (χ4v) is 1.71. The molecule has 15 heavy (non-hydrogen) atoms. The van der Waals surface area contributed by atoms with E-state index in [-0.39, 0.29) is 11.0 Å². The number of benzene rings is 1. The molecule has 0 aliphatic carbocycles. The normalized spacial score (nSPS) is 20.7. The Hall–Kier alpha value is -1.17. The van der Waals surface area contributed by atoms with Crippen molar-refractivity contribution in [2.24, 2.45) is 5.84 Å². The number of hydrazine groups is 1. The summed E-state index contributed by atoms with van der Waals surface area (Å²) in [6.45, 7) is 0. The van der Waals surface area contributed by atoms with Gasteiger partial charge in [0.05, 0.1) is 0 Å². The van der Waals surface area contributed by atoms with Crippen molar-refractivity contribution in [3.8, 4) is 0 Å². The first-order chi connectivity index (χ1) is 7.09. The number of thiocarbonyl (C=S) groups is 1. The van der Waals surface area contributed by atoms with Crippen molar-refractivity contribution in [1.29, 1.82) is 0 Å². The highest BCUT2D eigenvalue weighted by Gasteiger charge is 2.34. The van der Waals surface area contributed by atoms with Crippen LogP contribution >= 0.6 is 23.8 Å². The minimum absolute atomic E-state index is 0.236. The quantitative estimate of drug-likeness (QED) is 0.437. The second kappa shape index (κ2) is 3.77. The lowest BCUT2D eigenvalue weighted by atomic mass is 10.1. The van der Waals surface area contributed by atoms with Gasteiger partial charge in [-0.2, -0.15) is 0 Å². The third kappa shape index (κ3) is 1.81. The Kier molecular flexibility index (Phi) is 2.60. The van der Waals surface area contributed by atoms with Crippen molar-refractivity contribution in [2.75, 3.05) is 0 Å². The Bertz CT molecular complexity index is 420. The fraction of sp³-hybridized carbons (Fsp3) is 0.111. The second-order valence-corrected chi connectivity index (χ2v) is 3.97. The van der Waals surface area contributed by atoms with Crippen LogP contribution in [0.25, 0.3) is 0 Å². The summed E-state index contributed by atoms with van der Waals surface area (Å²) in [5.74, 6) is 5.17. The predicted molar refractivity (Wildman–Crippen MR) is 61.0 cm³/mol. The molecule has 0 spiro atoms. The van der Waals surface area contributed by atoms with E-state index in [2.05, 4.69) is 5.32 Å². The molecule has 1 aliphatic heterocycles. The molecule has 1 aromatic carbocycles. The van der Waals surface area contributed by atoms with Crippen molar-refractivity contribution < 1.29 is 4.79 Å². The lowest BCUT2D eigenvalue weighted by molar-refractivity contribution is -0.127. The van der Waals surface area contributed by atoms with Gasteiger partial charge in [-0.1, -0.05) is 23.7 Å². The van der Waals surface area contributed by atoms with Crippen LogP contribution in [-0.4, -0.2) is 16.0 Å². The molecular weight excluding hydrogens is 234 g/mol. The maximum Gasteiger partial charge on any atom is 0.270 e. The van der Waals surface area contributed by atoms with E-state index >= 15 is 0 Å². The van der Waals surface area contributed by atoms with Crippen LogP contribution in [0.1, 0.15) is 11.6 Å². The number of carbonyl (C=O) groups is 1. The van der Waals surface area contributed by atoms with Crippen LogP contribution in [0.3, 0.4) is 0 Å². The Morgan fingerprint density at radius 2 is 2.00 bits per heavy atom. The van der Waals surface area contributed by atoms with Gasteiger partial charge in [-0.15, -0.1) is 0 Å². The molecule has 0 unspecified atom stereocenters. The van der Waals surface area contributed by atoms with E-state index in [1.165, 1.54) is 0 Å². The number of nitrogens with zero attached hydrogens (tertiary/aromatic N) is 1. The van der Waals surface area contributed by atoms with Gasteiger partial charge in [-0.05, 0) is 29.9 Å². The highest BCUT2D eigenvalue weighted by atomic mass is 35.5. The van der Waals surface area contributed by atoms with Gasteiger partial charge >= 0.3 is 0 Å². The monoisotopic (exact) mass is 241 g/mol. The number of rotatable bonds is 1. The average Bonchev–Trinajstić information content (AvgIpc) is 2.47. The number of nitrogens with one attached hydrogen (secondary N) is 1. The van der Waals surface area contributed by atoms with E-state index in [0.717, 1.165) is 10.6 Å². The Labute approximate surface area is 97.0 Å². The van der Waals surface area contributed by atoms with E-state index in [4.69, 9.17) is 29.7 Å². The summed E-state index contributed by atoms with van der Waals surface area (Å²) >= 11 is 10.6. The van der Waals surface area contributed by atoms with Crippen LogP contribution < -0.4 is 11.2 Å². The molecule has 78 valence electrons. The molecule has 0 saturated carbocycles. The molecule has 0 radical (unpaired) electrons. The highest BCUT2D eigenvalue weighted by molar-refractivity contribution is 7.80. The van der Waals surface area contributed by atoms with Crippen molar-refractivity contribution >= 4 is 34.8 Å². The zero-order chi connectivity index (χ0) is 11.0. The Morgan fingerprint density at radius 1 is 1.40 bits per heavy atom. The largest absolute Gasteiger partial charge is 0.346 e. The zero-order valence-electron chi connectivity index (χ0n) is 7.61. The van der Waals surface area contributed by atoms with Crippen LogP contribution in [0.5, 0.6) is 0 Å². The number of carbonyl (C=O) groups excluding carboxylic acids is 1. The number of hydrogen-bond acceptors (Lipinski definition) is 3. The number of nitrogens with two attached hydrogens (primary N) is 1. The molecule has 1 heterocycles. The second-order valence-electron chi connectivity index (χ2n) is 3.14. The van der Waals surface area contributed by atoms with Gasteiger partial charge in [0.2, 0.25) is 0 Å². The van der Waals surface area contributed by atoms with Gasteiger partial charge in [0, 0.05) is 5.02 Å². The Morgan fingerprint density at radius 3 is 2.47 bits per heavy atom. The molecular formula is C9H8ClN3OS. The van der Waals surface area contributed by atoms with E-state index in [0.29, 0.717) is 5.02 Å². The molecule has 4 nitrogen and oxygen atoms in total. The van der Waals surface area contributed by atoms with Crippen LogP contribution in [-0.2, 0) is 4.79 Å². The van der Waals surface area contributed by atoms with Crippen LogP contribution in [0.4, 0.5) is 0 Å². The standard InChI is InChI=1S/C9H8ClN3OS/c10-6-3-1-5(2-4-6)7-8(14)13(11)9(15)12-7/h1-4,7H,11H2,(H,12,15)/t7-/m1/s1. The average molecular weight is 242 g/mol. The summed E-state index contributed by atoms with van der Waals surface area (Å²) in [5.41, 5.74) is 0.791. The van der Waals surface area contributed by atoms with Gasteiger partial charge < -0.3 is 5.32 Å². The molecule has 6 heteroatoms. The lowest BCUT2D eigenvalue weighted by Crippen LogP contribution is -2.37. The van der Waals surface area contributed by atoms with E-state index in [9.17, 15) is 4.79 Å². The molecule has 3 N–H and O–H groups in total. The predicted octanol–water partition coefficient (Wildman–Crippen LogP) is 0.971. The molecule has 0 aromatic heterocycles. The summed E-state index contributed by atoms with van der Waals surface area (Å²) in [7, 11) is 0. The van der Waals surface area contributed by atoms with Gasteiger partial charge in [-0.3, -0.25) is 4.79 Å². The van der Waals surface area contributed by atoms with E-state index in [1.807, 2.05) is 0 Å². The smallest absolute Gasteiger partial charge is 0.270 e. The maximum absolute atomic E-state index is 11.6. The van der Waals surface area contributed by atoms with Gasteiger partial charge in [0.1, 0.15) is 6.04 Å². The zero-order valence-corrected chi connectivity index (χ0v) is 9.18. The summed E-state index contributed by atoms with van der Waals surface area (Å²) < 4.78 is 0. The topological polar surface area (TPSA) is 58.4 Å². The third-order valence-electron chi connectivity index (χ3n) is 2.17. The fourth-order valence-electron chi connectivity index (χ4n) is 1.38. The van der Waals surface area contributed by atoms with E-state index < -0.39 is 6.04 Å². The van der Waals surface area contributed by atoms with Crippen molar-refractivity contribution in [3.05, 3.63) is 34.9 Å². The van der Waals surface area contributed by atoms with Gasteiger partial charge in [0.25, 0.3) is 5.91 Å². The van der Waals surface area contributed by atoms with Crippen molar-refractivity contribution in [2.45, 2.75) is 6.04 Å². The minimum atomic E-state index is -0.500. The summed E-state index contributed by atoms with van der Waals surface area (Å²) in [5, 5.41) is 4.63. The molecule has 1 aromatic rings. The van der Waals surface area contributed by atoms with Crippen LogP contribution in [0.15, 0.2) is 24.3 Å². The highest BCUT2D eigenvalue weighted by Crippen LogP contribution is 2.21. The first-order valence-corrected chi connectivity index (χ1v) is 5.03. The molecule has 0 bridgehead atoms. The summed E-state index contributed by atoms with van der Waals surface area (Å²) in [6, 6.07) is 6.46. The molecule has 1 atom stereocenters. The minimum Gasteiger partial charge on any atom is -0.346 e. The first kappa shape index (κ1) is 10.4. The summed E-state index contributed by atoms with van der Waals surface area (Å²) in [6.07, 6.45) is 0. The maximum atomic E-state index is 11.6. The molecule has 1 amide bonds. The van der Waals surface area contributed by atoms with Gasteiger partial charge in [0.15, 0.2) is 5.11 Å². The number of halogens is 1. The third-order valence-corrected chi connectivity index (χ3v) is 2.74. The first-order valence-electron chi connectivity index (χ1n) is 4.24. The van der Waals surface area contributed by atoms with Crippen LogP contribution in [0.2, 0.25) is 5.02 Å². The molecule has 1 fully saturated rings. The van der Waals surface area contributed by atoms with Crippen LogP contribution in [0, 0.1) is 0 Å². The van der Waals surface area contributed by atoms with Crippen molar-refractivity contribution in [1.82, 2.24) is 10.3 Å².